The van der Waals surface area contributed by atoms with Crippen molar-refractivity contribution in [2.45, 2.75) is 29.0 Å². The zero-order valence-electron chi connectivity index (χ0n) is 6.03. The van der Waals surface area contributed by atoms with E-state index >= 15 is 0 Å². The van der Waals surface area contributed by atoms with E-state index in [4.69, 9.17) is 34.8 Å². The molecule has 0 spiro atoms. The van der Waals surface area contributed by atoms with Crippen LogP contribution in [-0.4, -0.2) is 29.0 Å². The Kier molecular flexibility index (Phi) is 5.30. The fraction of sp³-hybridized carbons (Fsp3) is 1.00. The van der Waals surface area contributed by atoms with Crippen LogP contribution in [0.5, 0.6) is 0 Å². The first-order valence-corrected chi connectivity index (χ1v) is 8.17. The number of hydrogen-bond acceptors (Lipinski definition) is 0. The third-order valence-electron chi connectivity index (χ3n) is 1.90. The molecule has 0 nitrogen and oxygen atoms in total. The van der Waals surface area contributed by atoms with E-state index in [0.717, 1.165) is 0 Å². The second-order valence-corrected chi connectivity index (χ2v) is 9.28. The molecule has 0 aliphatic heterocycles. The van der Waals surface area contributed by atoms with Crippen LogP contribution in [0.25, 0.3) is 0 Å². The van der Waals surface area contributed by atoms with Gasteiger partial charge in [0.15, 0.2) is 0 Å². The molecule has 0 radical (unpaired) electrons. The van der Waals surface area contributed by atoms with Gasteiger partial charge in [0.05, 0.1) is 15.6 Å². The molecule has 6 atom stereocenters. The van der Waals surface area contributed by atoms with E-state index in [-0.39, 0.29) is 25.2 Å². The molecule has 0 amide bonds. The fourth-order valence-corrected chi connectivity index (χ4v) is 6.17. The lowest BCUT2D eigenvalue weighted by atomic mass is 9.98. The standard InChI is InChI=1S/C6H5Br4Cl3/c7-1-2(8)4(9)6(10,13)5(12)3(1)11/h1-5H. The molecule has 0 bridgehead atoms. The average molecular weight is 503 g/mol. The molecule has 1 aliphatic rings. The molecule has 6 unspecified atom stereocenters. The van der Waals surface area contributed by atoms with Crippen molar-refractivity contribution in [3.8, 4) is 0 Å². The maximum Gasteiger partial charge on any atom is 0.130 e. The van der Waals surface area contributed by atoms with Crippen LogP contribution >= 0.6 is 98.5 Å². The Balaban J connectivity index is 2.93. The first-order valence-electron chi connectivity index (χ1n) is 3.38. The Morgan fingerprint density at radius 2 is 1.46 bits per heavy atom. The maximum atomic E-state index is 6.23. The van der Waals surface area contributed by atoms with Crippen molar-refractivity contribution in [3.63, 3.8) is 0 Å². The number of alkyl halides is 7. The van der Waals surface area contributed by atoms with Crippen molar-refractivity contribution >= 4 is 98.5 Å². The van der Waals surface area contributed by atoms with Crippen LogP contribution in [0, 0.1) is 0 Å². The van der Waals surface area contributed by atoms with E-state index in [0.29, 0.717) is 0 Å². The van der Waals surface area contributed by atoms with Gasteiger partial charge in [-0.05, 0) is 0 Å². The Bertz CT molecular complexity index is 182. The van der Waals surface area contributed by atoms with Crippen LogP contribution in [0.15, 0.2) is 0 Å². The summed E-state index contributed by atoms with van der Waals surface area (Å²) < 4.78 is -0.723. The quantitative estimate of drug-likeness (QED) is 0.416. The SMILES string of the molecule is ClC1C(Br)C(Br)C(Br)C(Cl)(Br)C1Cl. The van der Waals surface area contributed by atoms with E-state index in [1.165, 1.54) is 0 Å². The molecule has 0 aromatic carbocycles. The second kappa shape index (κ2) is 4.97. The van der Waals surface area contributed by atoms with Gasteiger partial charge >= 0.3 is 0 Å². The molecular formula is C6H5Br4Cl3. The van der Waals surface area contributed by atoms with Gasteiger partial charge in [-0.25, -0.2) is 0 Å². The zero-order valence-corrected chi connectivity index (χ0v) is 14.6. The van der Waals surface area contributed by atoms with Crippen LogP contribution in [0.4, 0.5) is 0 Å². The molecule has 0 saturated heterocycles. The highest BCUT2D eigenvalue weighted by atomic mass is 79.9. The van der Waals surface area contributed by atoms with Gasteiger partial charge < -0.3 is 0 Å². The largest absolute Gasteiger partial charge is 0.130 e. The summed E-state index contributed by atoms with van der Waals surface area (Å²) in [4.78, 5) is 0.218. The molecule has 0 heterocycles. The summed E-state index contributed by atoms with van der Waals surface area (Å²) in [6, 6.07) is 0. The minimum atomic E-state index is -0.723. The molecule has 1 fully saturated rings. The normalized spacial score (nSPS) is 57.9. The van der Waals surface area contributed by atoms with E-state index in [2.05, 4.69) is 63.7 Å². The zero-order chi connectivity index (χ0) is 10.4. The summed E-state index contributed by atoms with van der Waals surface area (Å²) in [5, 5.41) is -0.574. The molecule has 78 valence electrons. The van der Waals surface area contributed by atoms with Crippen molar-refractivity contribution in [3.05, 3.63) is 0 Å². The molecule has 1 saturated carbocycles. The molecule has 7 heteroatoms. The lowest BCUT2D eigenvalue weighted by molar-refractivity contribution is 0.555. The van der Waals surface area contributed by atoms with Crippen molar-refractivity contribution < 1.29 is 0 Å². The minimum absolute atomic E-state index is 0.00328. The lowest BCUT2D eigenvalue weighted by Crippen LogP contribution is -2.56. The molecule has 0 aromatic heterocycles. The van der Waals surface area contributed by atoms with E-state index in [9.17, 15) is 0 Å². The Hall–Kier alpha value is 2.79. The Morgan fingerprint density at radius 3 is 1.92 bits per heavy atom. The second-order valence-electron chi connectivity index (χ2n) is 2.81. The van der Waals surface area contributed by atoms with Crippen molar-refractivity contribution in [1.82, 2.24) is 0 Å². The van der Waals surface area contributed by atoms with Crippen LogP contribution in [-0.2, 0) is 0 Å². The lowest BCUT2D eigenvalue weighted by Gasteiger charge is -2.44. The van der Waals surface area contributed by atoms with Crippen molar-refractivity contribution in [1.29, 1.82) is 0 Å². The monoisotopic (exact) mass is 498 g/mol. The summed E-state index contributed by atoms with van der Waals surface area (Å²) in [5.74, 6) is 0. The summed E-state index contributed by atoms with van der Waals surface area (Å²) in [5.41, 5.74) is 0. The number of rotatable bonds is 0. The van der Waals surface area contributed by atoms with Gasteiger partial charge in [0.1, 0.15) is 3.78 Å². The van der Waals surface area contributed by atoms with Gasteiger partial charge in [-0.15, -0.1) is 34.8 Å². The predicted molar refractivity (Wildman–Crippen MR) is 74.9 cm³/mol. The first-order chi connectivity index (χ1) is 5.80. The van der Waals surface area contributed by atoms with Gasteiger partial charge in [0, 0.05) is 9.65 Å². The van der Waals surface area contributed by atoms with E-state index in [1.807, 2.05) is 0 Å². The third-order valence-corrected chi connectivity index (χ3v) is 11.1. The summed E-state index contributed by atoms with van der Waals surface area (Å²) in [7, 11) is 0. The highest BCUT2D eigenvalue weighted by Gasteiger charge is 2.54. The van der Waals surface area contributed by atoms with Gasteiger partial charge in [-0.2, -0.15) is 0 Å². The highest BCUT2D eigenvalue weighted by Crippen LogP contribution is 2.51. The summed E-state index contributed by atoms with van der Waals surface area (Å²) >= 11 is 32.3. The molecular weight excluding hydrogens is 498 g/mol. The summed E-state index contributed by atoms with van der Waals surface area (Å²) in [6.07, 6.45) is 0. The van der Waals surface area contributed by atoms with Gasteiger partial charge in [-0.1, -0.05) is 63.7 Å². The molecule has 1 rings (SSSR count). The van der Waals surface area contributed by atoms with Crippen molar-refractivity contribution in [2.24, 2.45) is 0 Å². The molecule has 0 aromatic rings. The number of halogens is 7. The average Bonchev–Trinajstić information content (AvgIpc) is 2.09. The highest BCUT2D eigenvalue weighted by molar-refractivity contribution is 9.15. The van der Waals surface area contributed by atoms with Gasteiger partial charge in [-0.3, -0.25) is 0 Å². The Morgan fingerprint density at radius 1 is 1.00 bits per heavy atom. The van der Waals surface area contributed by atoms with Crippen LogP contribution < -0.4 is 0 Å². The smallest absolute Gasteiger partial charge is 0.120 e. The fourth-order valence-electron chi connectivity index (χ4n) is 1.08. The van der Waals surface area contributed by atoms with Gasteiger partial charge in [0.25, 0.3) is 0 Å². The topological polar surface area (TPSA) is 0 Å². The first kappa shape index (κ1) is 13.9. The van der Waals surface area contributed by atoms with Crippen molar-refractivity contribution in [2.75, 3.05) is 0 Å². The molecule has 1 aliphatic carbocycles. The third kappa shape index (κ3) is 2.55. The molecule has 13 heavy (non-hydrogen) atoms. The maximum absolute atomic E-state index is 6.23. The Labute approximate surface area is 126 Å². The van der Waals surface area contributed by atoms with Crippen LogP contribution in [0.1, 0.15) is 0 Å². The van der Waals surface area contributed by atoms with Crippen LogP contribution in [0.3, 0.4) is 0 Å². The molecule has 0 N–H and O–H groups in total. The van der Waals surface area contributed by atoms with E-state index in [1.54, 1.807) is 0 Å². The van der Waals surface area contributed by atoms with Gasteiger partial charge in [0.2, 0.25) is 0 Å². The summed E-state index contributed by atoms with van der Waals surface area (Å²) in [6.45, 7) is 0. The van der Waals surface area contributed by atoms with Crippen LogP contribution in [0.2, 0.25) is 0 Å². The minimum Gasteiger partial charge on any atom is -0.120 e. The van der Waals surface area contributed by atoms with E-state index < -0.39 is 3.78 Å². The predicted octanol–water partition coefficient (Wildman–Crippen LogP) is 4.84. The number of hydrogen-bond donors (Lipinski definition) is 0.